The van der Waals surface area contributed by atoms with Gasteiger partial charge in [0.1, 0.15) is 19.3 Å². The monoisotopic (exact) mass is 1480 g/mol. The second kappa shape index (κ2) is 75.7. The zero-order chi connectivity index (χ0) is 74.6. The minimum Gasteiger partial charge on any atom is -0.462 e. The van der Waals surface area contributed by atoms with Gasteiger partial charge in [-0.2, -0.15) is 0 Å². The molecule has 594 valence electrons. The normalized spacial score (nSPS) is 14.2. The van der Waals surface area contributed by atoms with Crippen molar-refractivity contribution >= 4 is 39.5 Å². The molecular formula is C83H150O17P2. The minimum atomic E-state index is -4.98. The smallest absolute Gasteiger partial charge is 0.462 e. The molecule has 0 fully saturated rings. The Hall–Kier alpha value is -3.50. The van der Waals surface area contributed by atoms with Crippen LogP contribution in [0.4, 0.5) is 0 Å². The van der Waals surface area contributed by atoms with Crippen LogP contribution in [0.3, 0.4) is 0 Å². The maximum atomic E-state index is 13.1. The van der Waals surface area contributed by atoms with Crippen molar-refractivity contribution in [3.05, 3.63) is 72.9 Å². The number of rotatable bonds is 78. The number of unbranched alkanes of at least 4 members (excludes halogenated alkanes) is 40. The number of hydrogen-bond acceptors (Lipinski definition) is 15. The van der Waals surface area contributed by atoms with Gasteiger partial charge in [0.25, 0.3) is 0 Å². The van der Waals surface area contributed by atoms with Gasteiger partial charge in [0.2, 0.25) is 0 Å². The highest BCUT2D eigenvalue weighted by molar-refractivity contribution is 7.47. The van der Waals surface area contributed by atoms with E-state index in [-0.39, 0.29) is 25.7 Å². The largest absolute Gasteiger partial charge is 0.472 e. The third-order valence-electron chi connectivity index (χ3n) is 17.7. The Labute approximate surface area is 622 Å². The average molecular weight is 1480 g/mol. The van der Waals surface area contributed by atoms with E-state index in [0.717, 1.165) is 116 Å². The molecule has 0 aromatic carbocycles. The van der Waals surface area contributed by atoms with Gasteiger partial charge >= 0.3 is 39.5 Å². The van der Waals surface area contributed by atoms with Gasteiger partial charge in [-0.05, 0) is 96.3 Å². The molecule has 17 nitrogen and oxygen atoms in total. The SMILES string of the molecule is CCCCC/C=C\C/C=C\C/C=C\C/C=C\CCCC(=O)OC[C@H](COP(=O)(O)OC[C@@H](O)COP(=O)(O)OC[C@@H](COC(=O)CCCCCCCCCCCCCCCCCCC)OC(=O)CCCCCCC/C=C\C/C=C\CCCCC)OC(=O)CCCCCCCCCCCCCCC. The first kappa shape index (κ1) is 98.5. The number of carbonyl (C=O) groups is 4. The third kappa shape index (κ3) is 74.8. The highest BCUT2D eigenvalue weighted by Gasteiger charge is 2.30. The molecule has 0 bridgehead atoms. The fourth-order valence-electron chi connectivity index (χ4n) is 11.4. The lowest BCUT2D eigenvalue weighted by atomic mass is 10.0. The molecule has 102 heavy (non-hydrogen) atoms. The predicted molar refractivity (Wildman–Crippen MR) is 418 cm³/mol. The molecule has 0 saturated carbocycles. The van der Waals surface area contributed by atoms with E-state index in [9.17, 15) is 43.2 Å². The van der Waals surface area contributed by atoms with Gasteiger partial charge in [0, 0.05) is 25.7 Å². The summed E-state index contributed by atoms with van der Waals surface area (Å²) >= 11 is 0. The van der Waals surface area contributed by atoms with Crippen molar-refractivity contribution in [3.8, 4) is 0 Å². The molecule has 0 saturated heterocycles. The molecule has 2 unspecified atom stereocenters. The van der Waals surface area contributed by atoms with Crippen LogP contribution in [0.15, 0.2) is 72.9 Å². The summed E-state index contributed by atoms with van der Waals surface area (Å²) in [5.74, 6) is -2.22. The molecule has 0 aliphatic heterocycles. The Morgan fingerprint density at radius 1 is 0.275 bits per heavy atom. The summed E-state index contributed by atoms with van der Waals surface area (Å²) in [4.78, 5) is 73.0. The van der Waals surface area contributed by atoms with Crippen LogP contribution >= 0.6 is 15.6 Å². The van der Waals surface area contributed by atoms with Crippen molar-refractivity contribution in [2.45, 2.75) is 393 Å². The van der Waals surface area contributed by atoms with E-state index in [1.807, 2.05) is 12.2 Å². The summed E-state index contributed by atoms with van der Waals surface area (Å²) in [6.45, 7) is 4.82. The Morgan fingerprint density at radius 3 is 0.794 bits per heavy atom. The maximum Gasteiger partial charge on any atom is 0.472 e. The highest BCUT2D eigenvalue weighted by atomic mass is 31.2. The van der Waals surface area contributed by atoms with E-state index in [2.05, 4.69) is 88.5 Å². The summed E-state index contributed by atoms with van der Waals surface area (Å²) in [6, 6.07) is 0. The van der Waals surface area contributed by atoms with E-state index >= 15 is 0 Å². The lowest BCUT2D eigenvalue weighted by Crippen LogP contribution is -2.30. The van der Waals surface area contributed by atoms with Crippen LogP contribution in [-0.4, -0.2) is 96.7 Å². The number of phosphoric acid groups is 2. The quantitative estimate of drug-likeness (QED) is 0.0169. The number of ether oxygens (including phenoxy) is 4. The lowest BCUT2D eigenvalue weighted by molar-refractivity contribution is -0.161. The summed E-state index contributed by atoms with van der Waals surface area (Å²) in [5, 5.41) is 10.6. The molecule has 19 heteroatoms. The zero-order valence-corrected chi connectivity index (χ0v) is 66.8. The maximum absolute atomic E-state index is 13.1. The molecule has 0 radical (unpaired) electrons. The molecule has 0 aliphatic carbocycles. The van der Waals surface area contributed by atoms with Gasteiger partial charge < -0.3 is 33.8 Å². The molecule has 0 aromatic heterocycles. The summed E-state index contributed by atoms with van der Waals surface area (Å²) in [5.41, 5.74) is 0. The highest BCUT2D eigenvalue weighted by Crippen LogP contribution is 2.45. The molecule has 0 heterocycles. The Balaban J connectivity index is 5.36. The van der Waals surface area contributed by atoms with Gasteiger partial charge in [0.05, 0.1) is 26.4 Å². The van der Waals surface area contributed by atoms with Gasteiger partial charge in [-0.15, -0.1) is 0 Å². The average Bonchev–Trinajstić information content (AvgIpc) is 0.908. The predicted octanol–water partition coefficient (Wildman–Crippen LogP) is 24.0. The summed E-state index contributed by atoms with van der Waals surface area (Å²) < 4.78 is 68.6. The van der Waals surface area contributed by atoms with Gasteiger partial charge in [-0.3, -0.25) is 37.3 Å². The molecular weight excluding hydrogens is 1330 g/mol. The number of aliphatic hydroxyl groups excluding tert-OH is 1. The van der Waals surface area contributed by atoms with Gasteiger partial charge in [-0.25, -0.2) is 9.13 Å². The van der Waals surface area contributed by atoms with E-state index in [0.29, 0.717) is 32.1 Å². The van der Waals surface area contributed by atoms with Crippen LogP contribution < -0.4 is 0 Å². The van der Waals surface area contributed by atoms with E-state index < -0.39 is 97.5 Å². The van der Waals surface area contributed by atoms with Crippen molar-refractivity contribution in [1.82, 2.24) is 0 Å². The standard InChI is InChI=1S/C83H150O17P2/c1-5-9-13-17-21-25-29-33-36-38-41-44-47-51-55-59-63-67-80(85)93-73-78(99-82(87)69-65-61-57-53-49-43-32-28-24-20-16-12-8-4)75-97-101(89,90)95-71-77(84)72-96-102(91,92)98-76-79(100-83(88)70-66-62-58-54-50-46-40-35-31-27-23-19-15-11-7-3)74-94-81(86)68-64-60-56-52-48-45-42-39-37-34-30-26-22-18-14-10-6-2/h21,23,25,27,33,35-36,40-41,44,51,55,77-79,84H,5-20,22,24,26,28-32,34,37-39,42-43,45-50,52-54,56-76H2,1-4H3,(H,89,90)(H,91,92)/b25-21-,27-23-,36-33-,40-35-,44-41-,55-51-/t77-,78-,79-/m1/s1. The first-order valence-corrected chi connectivity index (χ1v) is 44.2. The van der Waals surface area contributed by atoms with Gasteiger partial charge in [-0.1, -0.05) is 325 Å². The Bertz CT molecular complexity index is 2210. The number of hydrogen-bond donors (Lipinski definition) is 3. The number of phosphoric ester groups is 2. The molecule has 0 spiro atoms. The summed E-state index contributed by atoms with van der Waals surface area (Å²) in [6.07, 6.45) is 77.4. The molecule has 0 aromatic rings. The molecule has 3 N–H and O–H groups in total. The van der Waals surface area contributed by atoms with E-state index in [1.54, 1.807) is 0 Å². The topological polar surface area (TPSA) is 237 Å². The Kier molecular flexibility index (Phi) is 73.1. The first-order chi connectivity index (χ1) is 49.7. The van der Waals surface area contributed by atoms with E-state index in [4.69, 9.17) is 37.0 Å². The van der Waals surface area contributed by atoms with Crippen molar-refractivity contribution in [2.24, 2.45) is 0 Å². The van der Waals surface area contributed by atoms with Crippen LogP contribution in [0.2, 0.25) is 0 Å². The zero-order valence-electron chi connectivity index (χ0n) is 65.0. The lowest BCUT2D eigenvalue weighted by Gasteiger charge is -2.21. The van der Waals surface area contributed by atoms with Crippen LogP contribution in [-0.2, 0) is 65.4 Å². The number of carbonyl (C=O) groups excluding carboxylic acids is 4. The molecule has 5 atom stereocenters. The number of allylic oxidation sites excluding steroid dienone is 12. The van der Waals surface area contributed by atoms with Crippen molar-refractivity contribution in [1.29, 1.82) is 0 Å². The minimum absolute atomic E-state index is 0.0825. The number of aliphatic hydroxyl groups is 1. The molecule has 0 amide bonds. The van der Waals surface area contributed by atoms with Crippen LogP contribution in [0.5, 0.6) is 0 Å². The fourth-order valence-corrected chi connectivity index (χ4v) is 12.9. The third-order valence-corrected chi connectivity index (χ3v) is 19.6. The number of esters is 4. The van der Waals surface area contributed by atoms with Crippen LogP contribution in [0.1, 0.15) is 374 Å². The van der Waals surface area contributed by atoms with E-state index in [1.165, 1.54) is 173 Å². The first-order valence-electron chi connectivity index (χ1n) is 41.2. The molecule has 0 rings (SSSR count). The van der Waals surface area contributed by atoms with Crippen molar-refractivity contribution < 1.29 is 80.2 Å². The fraction of sp³-hybridized carbons (Fsp3) is 0.807. The van der Waals surface area contributed by atoms with Crippen LogP contribution in [0.25, 0.3) is 0 Å². The Morgan fingerprint density at radius 2 is 0.490 bits per heavy atom. The second-order valence-electron chi connectivity index (χ2n) is 27.7. The van der Waals surface area contributed by atoms with Gasteiger partial charge in [0.15, 0.2) is 12.2 Å². The second-order valence-corrected chi connectivity index (χ2v) is 30.6. The van der Waals surface area contributed by atoms with Crippen LogP contribution in [0, 0.1) is 0 Å². The van der Waals surface area contributed by atoms with Crippen molar-refractivity contribution in [2.75, 3.05) is 39.6 Å². The molecule has 0 aliphatic rings. The van der Waals surface area contributed by atoms with Crippen molar-refractivity contribution in [3.63, 3.8) is 0 Å². The summed E-state index contributed by atoms with van der Waals surface area (Å²) in [7, 11) is -9.96.